The van der Waals surface area contributed by atoms with E-state index in [0.717, 1.165) is 11.1 Å². The molecule has 0 aliphatic rings. The Bertz CT molecular complexity index is 517. The van der Waals surface area contributed by atoms with E-state index < -0.39 is 0 Å². The summed E-state index contributed by atoms with van der Waals surface area (Å²) in [6, 6.07) is 7.49. The summed E-state index contributed by atoms with van der Waals surface area (Å²) in [5, 5.41) is 0.445. The number of hydrogen-bond donors (Lipinski definition) is 0. The van der Waals surface area contributed by atoms with E-state index in [1.54, 1.807) is 0 Å². The molecule has 1 aromatic carbocycles. The summed E-state index contributed by atoms with van der Waals surface area (Å²) in [7, 11) is 0. The highest BCUT2D eigenvalue weighted by Crippen LogP contribution is 2.29. The van der Waals surface area contributed by atoms with Gasteiger partial charge in [0.15, 0.2) is 16.1 Å². The first-order chi connectivity index (χ1) is 8.11. The Kier molecular flexibility index (Phi) is 4.10. The molecule has 0 saturated heterocycles. The van der Waals surface area contributed by atoms with Crippen LogP contribution in [0.5, 0.6) is 0 Å². The predicted molar refractivity (Wildman–Crippen MR) is 72.1 cm³/mol. The highest BCUT2D eigenvalue weighted by atomic mass is 35.5. The molecule has 1 aromatic heterocycles. The van der Waals surface area contributed by atoms with Gasteiger partial charge in [-0.25, -0.2) is 9.97 Å². The van der Waals surface area contributed by atoms with Crippen LogP contribution >= 0.6 is 46.4 Å². The Hall–Kier alpha value is -0.540. The molecule has 0 atom stereocenters. The highest BCUT2D eigenvalue weighted by Gasteiger charge is 2.10. The average molecular weight is 308 g/mol. The van der Waals surface area contributed by atoms with Gasteiger partial charge in [0.05, 0.1) is 0 Å². The maximum Gasteiger partial charge on any atom is 0.162 e. The number of hydrogen-bond acceptors (Lipinski definition) is 2. The van der Waals surface area contributed by atoms with Crippen molar-refractivity contribution >= 4 is 46.4 Å². The molecular formula is C11H6Cl4N2. The number of nitrogens with zero attached hydrogens (tertiary/aromatic N) is 2. The standard InChI is InChI=1S/C11H6Cl4N2/c12-5-6-1-3-7(4-2-6)11-16-9(14)8(13)10(15)17-11/h1-4H,5H2. The van der Waals surface area contributed by atoms with E-state index in [4.69, 9.17) is 46.4 Å². The lowest BCUT2D eigenvalue weighted by Crippen LogP contribution is -1.92. The Labute approximate surface area is 119 Å². The van der Waals surface area contributed by atoms with Crippen molar-refractivity contribution in [2.75, 3.05) is 0 Å². The fourth-order valence-electron chi connectivity index (χ4n) is 1.27. The van der Waals surface area contributed by atoms with E-state index in [-0.39, 0.29) is 15.3 Å². The van der Waals surface area contributed by atoms with E-state index in [0.29, 0.717) is 11.7 Å². The highest BCUT2D eigenvalue weighted by molar-refractivity contribution is 6.46. The molecule has 6 heteroatoms. The van der Waals surface area contributed by atoms with Crippen LogP contribution in [0, 0.1) is 0 Å². The lowest BCUT2D eigenvalue weighted by Gasteiger charge is -2.04. The monoisotopic (exact) mass is 306 g/mol. The number of rotatable bonds is 2. The molecule has 2 nitrogen and oxygen atoms in total. The van der Waals surface area contributed by atoms with Crippen LogP contribution in [0.15, 0.2) is 24.3 Å². The van der Waals surface area contributed by atoms with Crippen LogP contribution in [-0.2, 0) is 5.88 Å². The molecule has 0 N–H and O–H groups in total. The fraction of sp³-hybridized carbons (Fsp3) is 0.0909. The zero-order valence-corrected chi connectivity index (χ0v) is 11.4. The molecule has 88 valence electrons. The first-order valence-corrected chi connectivity index (χ1v) is 6.32. The fourth-order valence-corrected chi connectivity index (χ4v) is 1.92. The number of alkyl halides is 1. The lowest BCUT2D eigenvalue weighted by atomic mass is 10.1. The van der Waals surface area contributed by atoms with Gasteiger partial charge in [-0.1, -0.05) is 59.1 Å². The molecule has 0 spiro atoms. The van der Waals surface area contributed by atoms with E-state index >= 15 is 0 Å². The molecule has 0 amide bonds. The first kappa shape index (κ1) is 12.9. The van der Waals surface area contributed by atoms with Gasteiger partial charge in [-0.3, -0.25) is 0 Å². The topological polar surface area (TPSA) is 25.8 Å². The molecule has 0 aliphatic carbocycles. The molecule has 0 bridgehead atoms. The third kappa shape index (κ3) is 2.83. The van der Waals surface area contributed by atoms with Crippen molar-refractivity contribution in [1.82, 2.24) is 9.97 Å². The van der Waals surface area contributed by atoms with Crippen LogP contribution in [0.2, 0.25) is 15.3 Å². The van der Waals surface area contributed by atoms with Gasteiger partial charge >= 0.3 is 0 Å². The molecular weight excluding hydrogens is 302 g/mol. The first-order valence-electron chi connectivity index (χ1n) is 4.65. The van der Waals surface area contributed by atoms with Gasteiger partial charge < -0.3 is 0 Å². The number of halogens is 4. The molecule has 1 heterocycles. The summed E-state index contributed by atoms with van der Waals surface area (Å²) in [6.07, 6.45) is 0. The summed E-state index contributed by atoms with van der Waals surface area (Å²) in [4.78, 5) is 8.13. The zero-order valence-electron chi connectivity index (χ0n) is 8.42. The van der Waals surface area contributed by atoms with Gasteiger partial charge in [0.25, 0.3) is 0 Å². The van der Waals surface area contributed by atoms with Crippen LogP contribution in [-0.4, -0.2) is 9.97 Å². The van der Waals surface area contributed by atoms with Crippen molar-refractivity contribution in [3.8, 4) is 11.4 Å². The van der Waals surface area contributed by atoms with Gasteiger partial charge in [-0.2, -0.15) is 0 Å². The quantitative estimate of drug-likeness (QED) is 0.586. The van der Waals surface area contributed by atoms with Crippen molar-refractivity contribution in [3.63, 3.8) is 0 Å². The third-order valence-electron chi connectivity index (χ3n) is 2.14. The molecule has 0 radical (unpaired) electrons. The Balaban J connectivity index is 2.45. The SMILES string of the molecule is ClCc1ccc(-c2nc(Cl)c(Cl)c(Cl)n2)cc1. The number of benzene rings is 1. The lowest BCUT2D eigenvalue weighted by molar-refractivity contribution is 1.17. The average Bonchev–Trinajstić information content (AvgIpc) is 2.35. The van der Waals surface area contributed by atoms with Crippen molar-refractivity contribution in [3.05, 3.63) is 45.2 Å². The normalized spacial score (nSPS) is 10.6. The van der Waals surface area contributed by atoms with E-state index in [9.17, 15) is 0 Å². The second-order valence-electron chi connectivity index (χ2n) is 3.27. The Morgan fingerprint density at radius 1 is 0.882 bits per heavy atom. The van der Waals surface area contributed by atoms with Gasteiger partial charge in [0.2, 0.25) is 0 Å². The van der Waals surface area contributed by atoms with Crippen LogP contribution in [0.4, 0.5) is 0 Å². The van der Waals surface area contributed by atoms with E-state index in [1.807, 2.05) is 24.3 Å². The maximum atomic E-state index is 5.84. The smallest absolute Gasteiger partial charge is 0.162 e. The van der Waals surface area contributed by atoms with Gasteiger partial charge in [-0.05, 0) is 5.56 Å². The summed E-state index contributed by atoms with van der Waals surface area (Å²) >= 11 is 23.2. The number of aromatic nitrogens is 2. The van der Waals surface area contributed by atoms with Crippen molar-refractivity contribution in [2.45, 2.75) is 5.88 Å². The zero-order chi connectivity index (χ0) is 12.4. The summed E-state index contributed by atoms with van der Waals surface area (Å²) in [5.74, 6) is 0.897. The molecule has 0 saturated carbocycles. The molecule has 0 aliphatic heterocycles. The maximum absolute atomic E-state index is 5.84. The summed E-state index contributed by atoms with van der Waals surface area (Å²) < 4.78 is 0. The van der Waals surface area contributed by atoms with Gasteiger partial charge in [-0.15, -0.1) is 11.6 Å². The largest absolute Gasteiger partial charge is 0.215 e. The molecule has 2 aromatic rings. The van der Waals surface area contributed by atoms with Crippen LogP contribution in [0.3, 0.4) is 0 Å². The summed E-state index contributed by atoms with van der Waals surface area (Å²) in [6.45, 7) is 0. The minimum Gasteiger partial charge on any atom is -0.215 e. The minimum absolute atomic E-state index is 0.142. The third-order valence-corrected chi connectivity index (χ3v) is 3.54. The molecule has 0 fully saturated rings. The van der Waals surface area contributed by atoms with Gasteiger partial charge in [0.1, 0.15) is 5.02 Å². The second kappa shape index (κ2) is 5.40. The van der Waals surface area contributed by atoms with E-state index in [1.165, 1.54) is 0 Å². The van der Waals surface area contributed by atoms with Crippen LogP contribution in [0.1, 0.15) is 5.56 Å². The predicted octanol–water partition coefficient (Wildman–Crippen LogP) is 4.84. The van der Waals surface area contributed by atoms with Gasteiger partial charge in [0, 0.05) is 11.4 Å². The van der Waals surface area contributed by atoms with E-state index in [2.05, 4.69) is 9.97 Å². The van der Waals surface area contributed by atoms with Crippen LogP contribution < -0.4 is 0 Å². The van der Waals surface area contributed by atoms with Crippen molar-refractivity contribution < 1.29 is 0 Å². The van der Waals surface area contributed by atoms with Crippen molar-refractivity contribution in [2.24, 2.45) is 0 Å². The van der Waals surface area contributed by atoms with Crippen LogP contribution in [0.25, 0.3) is 11.4 Å². The Morgan fingerprint density at radius 2 is 1.41 bits per heavy atom. The molecule has 0 unspecified atom stereocenters. The summed E-state index contributed by atoms with van der Waals surface area (Å²) in [5.41, 5.74) is 1.82. The minimum atomic E-state index is 0.142. The Morgan fingerprint density at radius 3 is 1.88 bits per heavy atom. The molecule has 2 rings (SSSR count). The second-order valence-corrected chi connectivity index (χ2v) is 4.63. The molecule has 17 heavy (non-hydrogen) atoms. The van der Waals surface area contributed by atoms with Crippen molar-refractivity contribution in [1.29, 1.82) is 0 Å².